The maximum atomic E-state index is 12.8. The second kappa shape index (κ2) is 7.57. The molecule has 0 aliphatic rings. The Balaban J connectivity index is 3.23. The van der Waals surface area contributed by atoms with Crippen LogP contribution in [0.4, 0.5) is 0 Å². The SMILES string of the molecule is C=CCN(C(C)C)S(=O)(=O)c1ccccc1CNCC. The number of hydrogen-bond acceptors (Lipinski definition) is 3. The largest absolute Gasteiger partial charge is 0.313 e. The number of rotatable bonds is 8. The van der Waals surface area contributed by atoms with Crippen LogP contribution in [-0.4, -0.2) is 31.9 Å². The monoisotopic (exact) mass is 296 g/mol. The summed E-state index contributed by atoms with van der Waals surface area (Å²) in [5.74, 6) is 0. The van der Waals surface area contributed by atoms with Gasteiger partial charge in [0.1, 0.15) is 0 Å². The van der Waals surface area contributed by atoms with Crippen LogP contribution in [0.25, 0.3) is 0 Å². The summed E-state index contributed by atoms with van der Waals surface area (Å²) in [6, 6.07) is 7.03. The molecule has 0 saturated heterocycles. The van der Waals surface area contributed by atoms with Gasteiger partial charge in [0.05, 0.1) is 4.90 Å². The molecule has 0 amide bonds. The van der Waals surface area contributed by atoms with E-state index in [1.165, 1.54) is 4.31 Å². The highest BCUT2D eigenvalue weighted by Gasteiger charge is 2.27. The summed E-state index contributed by atoms with van der Waals surface area (Å²) in [5, 5.41) is 3.17. The zero-order valence-corrected chi connectivity index (χ0v) is 13.3. The molecule has 0 fully saturated rings. The van der Waals surface area contributed by atoms with Crippen molar-refractivity contribution in [3.8, 4) is 0 Å². The Morgan fingerprint density at radius 3 is 2.55 bits per heavy atom. The van der Waals surface area contributed by atoms with Crippen molar-refractivity contribution < 1.29 is 8.42 Å². The minimum atomic E-state index is -3.50. The normalized spacial score (nSPS) is 12.1. The van der Waals surface area contributed by atoms with E-state index < -0.39 is 10.0 Å². The fourth-order valence-corrected chi connectivity index (χ4v) is 3.83. The van der Waals surface area contributed by atoms with E-state index in [9.17, 15) is 8.42 Å². The van der Waals surface area contributed by atoms with Gasteiger partial charge in [-0.25, -0.2) is 8.42 Å². The van der Waals surface area contributed by atoms with Crippen molar-refractivity contribution in [1.29, 1.82) is 0 Å². The first kappa shape index (κ1) is 16.9. The second-order valence-electron chi connectivity index (χ2n) is 4.85. The molecule has 0 unspecified atom stereocenters. The lowest BCUT2D eigenvalue weighted by Crippen LogP contribution is -2.37. The van der Waals surface area contributed by atoms with E-state index in [1.807, 2.05) is 32.9 Å². The highest BCUT2D eigenvalue weighted by molar-refractivity contribution is 7.89. The van der Waals surface area contributed by atoms with Crippen LogP contribution in [0.5, 0.6) is 0 Å². The Morgan fingerprint density at radius 2 is 2.00 bits per heavy atom. The van der Waals surface area contributed by atoms with Gasteiger partial charge >= 0.3 is 0 Å². The molecule has 0 heterocycles. The van der Waals surface area contributed by atoms with Gasteiger partial charge in [-0.3, -0.25) is 0 Å². The molecule has 0 aromatic heterocycles. The van der Waals surface area contributed by atoms with Crippen LogP contribution >= 0.6 is 0 Å². The number of sulfonamides is 1. The van der Waals surface area contributed by atoms with Gasteiger partial charge in [0.2, 0.25) is 10.0 Å². The van der Waals surface area contributed by atoms with Crippen molar-refractivity contribution >= 4 is 10.0 Å². The van der Waals surface area contributed by atoms with Crippen LogP contribution in [0.3, 0.4) is 0 Å². The average Bonchev–Trinajstić information content (AvgIpc) is 2.42. The molecule has 20 heavy (non-hydrogen) atoms. The van der Waals surface area contributed by atoms with Crippen molar-refractivity contribution in [1.82, 2.24) is 9.62 Å². The smallest absolute Gasteiger partial charge is 0.243 e. The van der Waals surface area contributed by atoms with Crippen molar-refractivity contribution in [2.24, 2.45) is 0 Å². The Labute approximate surface area is 122 Å². The number of nitrogens with zero attached hydrogens (tertiary/aromatic N) is 1. The average molecular weight is 296 g/mol. The van der Waals surface area contributed by atoms with Crippen LogP contribution in [0.15, 0.2) is 41.8 Å². The third kappa shape index (κ3) is 3.91. The summed E-state index contributed by atoms with van der Waals surface area (Å²) in [6.45, 7) is 11.0. The summed E-state index contributed by atoms with van der Waals surface area (Å²) in [5.41, 5.74) is 0.795. The minimum Gasteiger partial charge on any atom is -0.313 e. The minimum absolute atomic E-state index is 0.106. The van der Waals surface area contributed by atoms with E-state index in [0.29, 0.717) is 18.0 Å². The van der Waals surface area contributed by atoms with Crippen LogP contribution < -0.4 is 5.32 Å². The molecule has 112 valence electrons. The summed E-state index contributed by atoms with van der Waals surface area (Å²) < 4.78 is 27.1. The van der Waals surface area contributed by atoms with Crippen molar-refractivity contribution in [2.45, 2.75) is 38.3 Å². The van der Waals surface area contributed by atoms with Gasteiger partial charge < -0.3 is 5.32 Å². The third-order valence-electron chi connectivity index (χ3n) is 3.01. The second-order valence-corrected chi connectivity index (χ2v) is 6.70. The first-order chi connectivity index (χ1) is 9.45. The van der Waals surface area contributed by atoms with E-state index in [2.05, 4.69) is 11.9 Å². The van der Waals surface area contributed by atoms with Gasteiger partial charge in [-0.1, -0.05) is 31.2 Å². The summed E-state index contributed by atoms with van der Waals surface area (Å²) >= 11 is 0. The van der Waals surface area contributed by atoms with Crippen LogP contribution in [-0.2, 0) is 16.6 Å². The van der Waals surface area contributed by atoms with Crippen molar-refractivity contribution in [3.63, 3.8) is 0 Å². The van der Waals surface area contributed by atoms with Gasteiger partial charge in [0.25, 0.3) is 0 Å². The molecule has 0 aliphatic heterocycles. The zero-order chi connectivity index (χ0) is 15.2. The first-order valence-electron chi connectivity index (χ1n) is 6.86. The fraction of sp³-hybridized carbons (Fsp3) is 0.467. The molecule has 4 nitrogen and oxygen atoms in total. The van der Waals surface area contributed by atoms with Crippen molar-refractivity contribution in [2.75, 3.05) is 13.1 Å². The summed E-state index contributed by atoms with van der Waals surface area (Å²) in [6.07, 6.45) is 1.62. The molecule has 1 rings (SSSR count). The molecule has 0 saturated carbocycles. The number of benzene rings is 1. The predicted octanol–water partition coefficient (Wildman–Crippen LogP) is 2.38. The standard InChI is InChI=1S/C15H24N2O2S/c1-5-11-17(13(3)4)20(18,19)15-10-8-7-9-14(15)12-16-6-2/h5,7-10,13,16H,1,6,11-12H2,2-4H3. The Hall–Kier alpha value is -1.17. The Morgan fingerprint density at radius 1 is 1.35 bits per heavy atom. The zero-order valence-electron chi connectivity index (χ0n) is 12.5. The van der Waals surface area contributed by atoms with Gasteiger partial charge in [0, 0.05) is 19.1 Å². The molecule has 0 radical (unpaired) electrons. The van der Waals surface area contributed by atoms with Gasteiger partial charge in [-0.15, -0.1) is 6.58 Å². The molecule has 1 N–H and O–H groups in total. The van der Waals surface area contributed by atoms with E-state index >= 15 is 0 Å². The highest BCUT2D eigenvalue weighted by Crippen LogP contribution is 2.22. The number of nitrogens with one attached hydrogen (secondary N) is 1. The first-order valence-corrected chi connectivity index (χ1v) is 8.30. The van der Waals surface area contributed by atoms with Gasteiger partial charge in [-0.05, 0) is 32.0 Å². The van der Waals surface area contributed by atoms with Gasteiger partial charge in [0.15, 0.2) is 0 Å². The predicted molar refractivity (Wildman–Crippen MR) is 83.0 cm³/mol. The van der Waals surface area contributed by atoms with E-state index in [-0.39, 0.29) is 6.04 Å². The molecule has 0 aliphatic carbocycles. The lowest BCUT2D eigenvalue weighted by Gasteiger charge is -2.25. The van der Waals surface area contributed by atoms with Crippen LogP contribution in [0.2, 0.25) is 0 Å². The molecule has 1 aromatic rings. The highest BCUT2D eigenvalue weighted by atomic mass is 32.2. The van der Waals surface area contributed by atoms with Crippen LogP contribution in [0.1, 0.15) is 26.3 Å². The molecular weight excluding hydrogens is 272 g/mol. The van der Waals surface area contributed by atoms with E-state index in [1.54, 1.807) is 18.2 Å². The molecular formula is C15H24N2O2S. The van der Waals surface area contributed by atoms with Crippen molar-refractivity contribution in [3.05, 3.63) is 42.5 Å². The third-order valence-corrected chi connectivity index (χ3v) is 5.15. The lowest BCUT2D eigenvalue weighted by atomic mass is 10.2. The molecule has 5 heteroatoms. The Bertz CT molecular complexity index is 539. The van der Waals surface area contributed by atoms with Crippen LogP contribution in [0, 0.1) is 0 Å². The van der Waals surface area contributed by atoms with E-state index in [0.717, 1.165) is 12.1 Å². The Kier molecular flexibility index (Phi) is 6.39. The molecule has 0 atom stereocenters. The maximum Gasteiger partial charge on any atom is 0.243 e. The van der Waals surface area contributed by atoms with E-state index in [4.69, 9.17) is 0 Å². The summed E-state index contributed by atoms with van der Waals surface area (Å²) in [7, 11) is -3.50. The molecule has 0 bridgehead atoms. The molecule has 0 spiro atoms. The lowest BCUT2D eigenvalue weighted by molar-refractivity contribution is 0.382. The summed E-state index contributed by atoms with van der Waals surface area (Å²) in [4.78, 5) is 0.372. The molecule has 1 aromatic carbocycles. The quantitative estimate of drug-likeness (QED) is 0.749. The van der Waals surface area contributed by atoms with Gasteiger partial charge in [-0.2, -0.15) is 4.31 Å². The number of hydrogen-bond donors (Lipinski definition) is 1. The maximum absolute atomic E-state index is 12.8. The topological polar surface area (TPSA) is 49.4 Å². The fourth-order valence-electron chi connectivity index (χ4n) is 2.00.